The third kappa shape index (κ3) is 12.9. The molecule has 1 heterocycles. The molecule has 0 radical (unpaired) electrons. The van der Waals surface area contributed by atoms with Gasteiger partial charge in [0.25, 0.3) is 5.91 Å². The lowest BCUT2D eigenvalue weighted by molar-refractivity contribution is -0.166. The van der Waals surface area contributed by atoms with Crippen LogP contribution in [0.3, 0.4) is 0 Å². The minimum atomic E-state index is -4.76. The number of ether oxygens (including phenoxy) is 6. The van der Waals surface area contributed by atoms with Crippen LogP contribution in [0.2, 0.25) is 0 Å². The summed E-state index contributed by atoms with van der Waals surface area (Å²) in [5.74, 6) is -0.665. The zero-order valence-corrected chi connectivity index (χ0v) is 26.8. The van der Waals surface area contributed by atoms with E-state index in [0.717, 1.165) is 17.1 Å². The average molecular weight is 688 g/mol. The molecule has 17 heteroatoms. The van der Waals surface area contributed by atoms with Crippen LogP contribution in [0.5, 0.6) is 0 Å². The Morgan fingerprint density at radius 3 is 1.98 bits per heavy atom. The largest absolute Gasteiger partial charge is 0.463 e. The molecule has 2 unspecified atom stereocenters. The van der Waals surface area contributed by atoms with Gasteiger partial charge in [-0.3, -0.25) is 19.3 Å². The van der Waals surface area contributed by atoms with E-state index in [-0.39, 0.29) is 64.7 Å². The lowest BCUT2D eigenvalue weighted by atomic mass is 9.87. The highest BCUT2D eigenvalue weighted by molar-refractivity contribution is 6.08. The number of alkyl halides is 3. The molecule has 0 aromatic rings. The second-order valence-electron chi connectivity index (χ2n) is 10.6. The van der Waals surface area contributed by atoms with Crippen LogP contribution in [-0.4, -0.2) is 130 Å². The molecule has 0 bridgehead atoms. The maximum atomic E-state index is 13.5. The number of allylic oxidation sites excluding steroid dienone is 3. The maximum Gasteiger partial charge on any atom is 0.396 e. The van der Waals surface area contributed by atoms with Gasteiger partial charge >= 0.3 is 24.1 Å². The van der Waals surface area contributed by atoms with Crippen molar-refractivity contribution < 1.29 is 65.9 Å². The Morgan fingerprint density at radius 2 is 1.44 bits per heavy atom. The van der Waals surface area contributed by atoms with Crippen molar-refractivity contribution in [2.24, 2.45) is 11.8 Å². The second kappa shape index (κ2) is 20.4. The summed E-state index contributed by atoms with van der Waals surface area (Å²) in [5, 5.41) is 17.6. The van der Waals surface area contributed by atoms with Gasteiger partial charge in [0.2, 0.25) is 0 Å². The third-order valence-corrected chi connectivity index (χ3v) is 6.86. The van der Waals surface area contributed by atoms with Crippen LogP contribution in [0.4, 0.5) is 18.0 Å². The van der Waals surface area contributed by atoms with Crippen LogP contribution in [-0.2, 0) is 42.8 Å². The standard InChI is InChI=1S/C31H40F3N3O11/c1-30(2)28(41)37(24-6-5-23(22-35)25(21-24)31(32,33)34)29(42)36(30)9-3-4-11-47-26(39)7-8-27(40)48-20-19-46-18-17-45-16-15-44-14-13-43-12-10-38/h5-6,21,23,25,38H,7-20H2,1-2H3. The minimum Gasteiger partial charge on any atom is -0.463 e. The third-order valence-electron chi connectivity index (χ3n) is 6.86. The van der Waals surface area contributed by atoms with E-state index in [4.69, 9.17) is 38.8 Å². The van der Waals surface area contributed by atoms with Crippen molar-refractivity contribution in [2.45, 2.75) is 38.4 Å². The normalized spacial score (nSPS) is 18.6. The summed E-state index contributed by atoms with van der Waals surface area (Å²) in [6, 6.07) is 0.673. The molecular weight excluding hydrogens is 647 g/mol. The monoisotopic (exact) mass is 687 g/mol. The number of aliphatic hydroxyl groups excluding tert-OH is 1. The molecule has 48 heavy (non-hydrogen) atoms. The summed E-state index contributed by atoms with van der Waals surface area (Å²) >= 11 is 0. The minimum absolute atomic E-state index is 0.0152. The van der Waals surface area contributed by atoms with E-state index in [9.17, 15) is 32.3 Å². The Morgan fingerprint density at radius 1 is 0.896 bits per heavy atom. The van der Waals surface area contributed by atoms with Gasteiger partial charge in [-0.25, -0.2) is 9.69 Å². The van der Waals surface area contributed by atoms with Gasteiger partial charge in [0.05, 0.1) is 102 Å². The fraction of sp³-hybridized carbons (Fsp3) is 0.645. The highest BCUT2D eigenvalue weighted by Gasteiger charge is 2.53. The van der Waals surface area contributed by atoms with Crippen LogP contribution in [0, 0.1) is 35.0 Å². The Balaban J connectivity index is 1.63. The number of halogens is 3. The van der Waals surface area contributed by atoms with E-state index in [2.05, 4.69) is 11.8 Å². The Kier molecular flexibility index (Phi) is 17.1. The molecule has 3 amide bonds. The molecule has 1 fully saturated rings. The topological polar surface area (TPSA) is 174 Å². The van der Waals surface area contributed by atoms with E-state index in [0.29, 0.717) is 44.0 Å². The highest BCUT2D eigenvalue weighted by atomic mass is 19.4. The summed E-state index contributed by atoms with van der Waals surface area (Å²) in [6.07, 6.45) is -2.42. The first-order chi connectivity index (χ1) is 22.8. The van der Waals surface area contributed by atoms with Crippen molar-refractivity contribution in [1.29, 1.82) is 5.26 Å². The fourth-order valence-electron chi connectivity index (χ4n) is 4.26. The number of hydrogen-bond acceptors (Lipinski definition) is 12. The zero-order valence-electron chi connectivity index (χ0n) is 26.8. The van der Waals surface area contributed by atoms with Gasteiger partial charge in [-0.15, -0.1) is 0 Å². The number of urea groups is 1. The first-order valence-corrected chi connectivity index (χ1v) is 15.1. The van der Waals surface area contributed by atoms with Crippen molar-refractivity contribution in [3.05, 3.63) is 23.9 Å². The number of hydrogen-bond donors (Lipinski definition) is 1. The lowest BCUT2D eigenvalue weighted by Gasteiger charge is -2.26. The van der Waals surface area contributed by atoms with Gasteiger partial charge in [-0.1, -0.05) is 17.9 Å². The SMILES string of the molecule is CC1(C)C(=O)N(C2=CC(C(F)(F)F)C(C#N)C=C2)C(=O)N1CC#CCOC(=O)CCC(=O)OCCOCCOCCOCCOCCO. The predicted octanol–water partition coefficient (Wildman–Crippen LogP) is 1.73. The van der Waals surface area contributed by atoms with Crippen molar-refractivity contribution in [2.75, 3.05) is 79.2 Å². The molecule has 1 N–H and O–H groups in total. The molecule has 2 atom stereocenters. The predicted molar refractivity (Wildman–Crippen MR) is 158 cm³/mol. The van der Waals surface area contributed by atoms with Crippen molar-refractivity contribution >= 4 is 23.9 Å². The number of imide groups is 1. The zero-order chi connectivity index (χ0) is 35.6. The molecule has 2 aliphatic rings. The number of esters is 2. The molecule has 0 aromatic heterocycles. The number of amides is 3. The van der Waals surface area contributed by atoms with Gasteiger partial charge in [0.15, 0.2) is 6.61 Å². The first-order valence-electron chi connectivity index (χ1n) is 15.1. The maximum absolute atomic E-state index is 13.5. The Labute approximate surface area is 276 Å². The highest BCUT2D eigenvalue weighted by Crippen LogP contribution is 2.39. The van der Waals surface area contributed by atoms with Crippen LogP contribution in [0.1, 0.15) is 26.7 Å². The lowest BCUT2D eigenvalue weighted by Crippen LogP contribution is -2.44. The van der Waals surface area contributed by atoms with Crippen molar-refractivity contribution in [3.63, 3.8) is 0 Å². The van der Waals surface area contributed by atoms with Gasteiger partial charge in [0.1, 0.15) is 12.1 Å². The van der Waals surface area contributed by atoms with Crippen LogP contribution >= 0.6 is 0 Å². The fourth-order valence-corrected chi connectivity index (χ4v) is 4.26. The molecule has 2 rings (SSSR count). The van der Waals surface area contributed by atoms with Gasteiger partial charge in [-0.05, 0) is 26.0 Å². The van der Waals surface area contributed by atoms with Crippen molar-refractivity contribution in [1.82, 2.24) is 9.80 Å². The summed E-state index contributed by atoms with van der Waals surface area (Å²) in [5.41, 5.74) is -1.73. The number of aliphatic hydroxyl groups is 1. The van der Waals surface area contributed by atoms with Gasteiger partial charge < -0.3 is 33.5 Å². The number of carbonyl (C=O) groups excluding carboxylic acids is 4. The van der Waals surface area contributed by atoms with Gasteiger partial charge in [-0.2, -0.15) is 18.4 Å². The van der Waals surface area contributed by atoms with Crippen LogP contribution in [0.25, 0.3) is 0 Å². The number of nitriles is 1. The number of rotatable bonds is 20. The molecule has 0 spiro atoms. The first kappa shape index (κ1) is 40.2. The number of nitrogens with zero attached hydrogens (tertiary/aromatic N) is 3. The smallest absolute Gasteiger partial charge is 0.396 e. The molecule has 0 aromatic carbocycles. The Hall–Kier alpha value is -4.00. The molecule has 0 saturated carbocycles. The van der Waals surface area contributed by atoms with E-state index in [1.165, 1.54) is 13.8 Å². The van der Waals surface area contributed by atoms with Crippen molar-refractivity contribution in [3.8, 4) is 17.9 Å². The molecular formula is C31H40F3N3O11. The summed E-state index contributed by atoms with van der Waals surface area (Å²) in [7, 11) is 0. The average Bonchev–Trinajstić information content (AvgIpc) is 3.21. The quantitative estimate of drug-likeness (QED) is 0.0851. The second-order valence-corrected chi connectivity index (χ2v) is 10.6. The van der Waals surface area contributed by atoms with E-state index in [1.54, 1.807) is 6.07 Å². The molecule has 1 saturated heterocycles. The van der Waals surface area contributed by atoms with E-state index >= 15 is 0 Å². The Bertz CT molecular complexity index is 1270. The molecule has 266 valence electrons. The van der Waals surface area contributed by atoms with E-state index < -0.39 is 47.4 Å². The van der Waals surface area contributed by atoms with Crippen LogP contribution < -0.4 is 0 Å². The molecule has 14 nitrogen and oxygen atoms in total. The van der Waals surface area contributed by atoms with Gasteiger partial charge in [0, 0.05) is 0 Å². The van der Waals surface area contributed by atoms with E-state index in [1.807, 2.05) is 0 Å². The summed E-state index contributed by atoms with van der Waals surface area (Å²) in [4.78, 5) is 51.5. The summed E-state index contributed by atoms with van der Waals surface area (Å²) < 4.78 is 71.3. The number of carbonyl (C=O) groups is 4. The molecule has 1 aliphatic carbocycles. The molecule has 1 aliphatic heterocycles. The van der Waals surface area contributed by atoms with Crippen LogP contribution in [0.15, 0.2) is 23.9 Å². The summed E-state index contributed by atoms with van der Waals surface area (Å²) in [6.45, 7) is 4.68.